The molecule has 2 N–H and O–H groups in total. The maximum absolute atomic E-state index is 12.7. The van der Waals surface area contributed by atoms with Crippen molar-refractivity contribution in [3.63, 3.8) is 0 Å². The molecule has 0 bridgehead atoms. The van der Waals surface area contributed by atoms with Crippen LogP contribution >= 0.6 is 36.2 Å². The van der Waals surface area contributed by atoms with Crippen molar-refractivity contribution >= 4 is 59.0 Å². The van der Waals surface area contributed by atoms with Gasteiger partial charge < -0.3 is 20.4 Å². The zero-order valence-corrected chi connectivity index (χ0v) is 16.8. The summed E-state index contributed by atoms with van der Waals surface area (Å²) in [7, 11) is 0. The Morgan fingerprint density at radius 2 is 2.12 bits per heavy atom. The molecule has 1 unspecified atom stereocenters. The predicted octanol–water partition coefficient (Wildman–Crippen LogP) is 0.981. The molecule has 8 nitrogen and oxygen atoms in total. The smallest absolute Gasteiger partial charge is 0.273 e. The van der Waals surface area contributed by atoms with Gasteiger partial charge in [-0.15, -0.1) is 36.2 Å². The minimum Gasteiger partial charge on any atom is -0.336 e. The fourth-order valence-corrected chi connectivity index (χ4v) is 3.87. The number of rotatable bonds is 3. The highest BCUT2D eigenvalue weighted by molar-refractivity contribution is 7.14. The molecule has 0 saturated carbocycles. The summed E-state index contributed by atoms with van der Waals surface area (Å²) < 4.78 is 0. The Morgan fingerprint density at radius 3 is 2.81 bits per heavy atom. The number of nitrogens with one attached hydrogen (secondary N) is 2. The van der Waals surface area contributed by atoms with Gasteiger partial charge in [0.1, 0.15) is 5.69 Å². The zero-order chi connectivity index (χ0) is 17.1. The van der Waals surface area contributed by atoms with Gasteiger partial charge in [-0.3, -0.25) is 14.4 Å². The summed E-state index contributed by atoms with van der Waals surface area (Å²) in [5, 5.41) is 7.74. The van der Waals surface area contributed by atoms with Gasteiger partial charge in [0.25, 0.3) is 5.91 Å². The third-order valence-electron chi connectivity index (χ3n) is 4.26. The summed E-state index contributed by atoms with van der Waals surface area (Å²) in [6.45, 7) is 4.47. The highest BCUT2D eigenvalue weighted by atomic mass is 35.5. The fourth-order valence-electron chi connectivity index (χ4n) is 3.14. The highest BCUT2D eigenvalue weighted by Gasteiger charge is 2.32. The Morgan fingerprint density at radius 1 is 1.35 bits per heavy atom. The molecule has 1 aromatic heterocycles. The number of piperidine rings is 1. The van der Waals surface area contributed by atoms with E-state index in [-0.39, 0.29) is 48.6 Å². The van der Waals surface area contributed by atoms with Crippen LogP contribution in [0.1, 0.15) is 30.3 Å². The van der Waals surface area contributed by atoms with Crippen LogP contribution in [0.4, 0.5) is 5.13 Å². The second-order valence-electron chi connectivity index (χ2n) is 6.03. The molecule has 1 aromatic rings. The van der Waals surface area contributed by atoms with Crippen LogP contribution in [0.25, 0.3) is 0 Å². The average Bonchev–Trinajstić information content (AvgIpc) is 3.02. The van der Waals surface area contributed by atoms with Gasteiger partial charge in [-0.25, -0.2) is 4.98 Å². The van der Waals surface area contributed by atoms with Gasteiger partial charge in [0.2, 0.25) is 11.8 Å². The summed E-state index contributed by atoms with van der Waals surface area (Å²) in [4.78, 5) is 43.6. The van der Waals surface area contributed by atoms with Crippen LogP contribution in [0.3, 0.4) is 0 Å². The van der Waals surface area contributed by atoms with Gasteiger partial charge in [0.05, 0.1) is 6.54 Å². The SMILES string of the molecule is CC(=O)Nc1nc(C(=O)N2CCCC(N3CCNCC3=O)C2)cs1.Cl.Cl. The minimum absolute atomic E-state index is 0. The van der Waals surface area contributed by atoms with Crippen molar-refractivity contribution in [2.75, 3.05) is 38.0 Å². The first-order chi connectivity index (χ1) is 11.5. The second kappa shape index (κ2) is 10.1. The van der Waals surface area contributed by atoms with Gasteiger partial charge >= 0.3 is 0 Å². The number of aromatic nitrogens is 1. The predicted molar refractivity (Wildman–Crippen MR) is 104 cm³/mol. The lowest BCUT2D eigenvalue weighted by Gasteiger charge is -2.40. The molecule has 26 heavy (non-hydrogen) atoms. The van der Waals surface area contributed by atoms with E-state index < -0.39 is 0 Å². The maximum atomic E-state index is 12.7. The standard InChI is InChI=1S/C15H21N5O3S.2ClH/c1-10(21)17-15-18-12(9-24-15)14(23)19-5-2-3-11(8-19)20-6-4-16-7-13(20)22;;/h9,11,16H,2-8H2,1H3,(H,17,18,21);2*1H. The molecule has 11 heteroatoms. The molecular weight excluding hydrogens is 401 g/mol. The van der Waals surface area contributed by atoms with E-state index in [2.05, 4.69) is 15.6 Å². The molecule has 0 radical (unpaired) electrons. The molecule has 2 aliphatic heterocycles. The molecule has 3 rings (SSSR count). The molecule has 1 atom stereocenters. The van der Waals surface area contributed by atoms with E-state index in [1.165, 1.54) is 18.3 Å². The third-order valence-corrected chi connectivity index (χ3v) is 5.01. The summed E-state index contributed by atoms with van der Waals surface area (Å²) in [5.74, 6) is -0.254. The summed E-state index contributed by atoms with van der Waals surface area (Å²) >= 11 is 1.24. The zero-order valence-electron chi connectivity index (χ0n) is 14.4. The molecule has 3 amide bonds. The van der Waals surface area contributed by atoms with E-state index in [9.17, 15) is 14.4 Å². The molecule has 146 valence electrons. The summed E-state index contributed by atoms with van der Waals surface area (Å²) in [5.41, 5.74) is 0.344. The van der Waals surface area contributed by atoms with Crippen molar-refractivity contribution in [1.82, 2.24) is 20.1 Å². The summed E-state index contributed by atoms with van der Waals surface area (Å²) in [6, 6.07) is 0.0748. The number of amides is 3. The largest absolute Gasteiger partial charge is 0.336 e. The van der Waals surface area contributed by atoms with E-state index >= 15 is 0 Å². The van der Waals surface area contributed by atoms with Crippen molar-refractivity contribution in [3.05, 3.63) is 11.1 Å². The van der Waals surface area contributed by atoms with Crippen LogP contribution in [-0.4, -0.2) is 71.3 Å². The third kappa shape index (κ3) is 5.29. The Labute approximate surface area is 168 Å². The molecule has 0 aromatic carbocycles. The number of hydrogen-bond acceptors (Lipinski definition) is 6. The quantitative estimate of drug-likeness (QED) is 0.755. The van der Waals surface area contributed by atoms with Crippen LogP contribution < -0.4 is 10.6 Å². The lowest BCUT2D eigenvalue weighted by Crippen LogP contribution is -2.57. The average molecular weight is 424 g/mol. The normalized spacial score (nSPS) is 20.0. The van der Waals surface area contributed by atoms with Crippen LogP contribution in [-0.2, 0) is 9.59 Å². The molecule has 0 spiro atoms. The lowest BCUT2D eigenvalue weighted by molar-refractivity contribution is -0.135. The monoisotopic (exact) mass is 423 g/mol. The molecule has 2 saturated heterocycles. The minimum atomic E-state index is -0.210. The molecule has 0 aliphatic carbocycles. The van der Waals surface area contributed by atoms with Crippen LogP contribution in [0.2, 0.25) is 0 Å². The Bertz CT molecular complexity index is 657. The lowest BCUT2D eigenvalue weighted by atomic mass is 10.0. The maximum Gasteiger partial charge on any atom is 0.273 e. The first kappa shape index (κ1) is 22.6. The van der Waals surface area contributed by atoms with E-state index in [0.717, 1.165) is 19.4 Å². The first-order valence-electron chi connectivity index (χ1n) is 8.07. The summed E-state index contributed by atoms with van der Waals surface area (Å²) in [6.07, 6.45) is 1.79. The van der Waals surface area contributed by atoms with E-state index in [1.54, 1.807) is 10.3 Å². The Balaban J connectivity index is 0.00000169. The van der Waals surface area contributed by atoms with Crippen molar-refractivity contribution in [3.8, 4) is 0 Å². The van der Waals surface area contributed by atoms with Crippen molar-refractivity contribution < 1.29 is 14.4 Å². The highest BCUT2D eigenvalue weighted by Crippen LogP contribution is 2.21. The number of carbonyl (C=O) groups excluding carboxylic acids is 3. The van der Waals surface area contributed by atoms with Gasteiger partial charge in [0, 0.05) is 44.5 Å². The van der Waals surface area contributed by atoms with Gasteiger partial charge in [0.15, 0.2) is 5.13 Å². The number of nitrogens with zero attached hydrogens (tertiary/aromatic N) is 3. The number of carbonyl (C=O) groups is 3. The molecule has 2 fully saturated rings. The number of piperazine rings is 1. The van der Waals surface area contributed by atoms with Crippen molar-refractivity contribution in [2.24, 2.45) is 0 Å². The molecule has 3 heterocycles. The van der Waals surface area contributed by atoms with Gasteiger partial charge in [-0.05, 0) is 12.8 Å². The van der Waals surface area contributed by atoms with Gasteiger partial charge in [-0.2, -0.15) is 0 Å². The number of hydrogen-bond donors (Lipinski definition) is 2. The number of likely N-dealkylation sites (tertiary alicyclic amines) is 1. The Kier molecular flexibility index (Phi) is 8.75. The first-order valence-corrected chi connectivity index (χ1v) is 8.95. The molecule has 2 aliphatic rings. The fraction of sp³-hybridized carbons (Fsp3) is 0.600. The second-order valence-corrected chi connectivity index (χ2v) is 6.89. The van der Waals surface area contributed by atoms with Gasteiger partial charge in [-0.1, -0.05) is 0 Å². The van der Waals surface area contributed by atoms with Crippen LogP contribution in [0.5, 0.6) is 0 Å². The van der Waals surface area contributed by atoms with Crippen LogP contribution in [0, 0.1) is 0 Å². The molecular formula is C15H23Cl2N5O3S. The number of thiazole rings is 1. The van der Waals surface area contributed by atoms with E-state index in [4.69, 9.17) is 0 Å². The number of halogens is 2. The van der Waals surface area contributed by atoms with Crippen LogP contribution in [0.15, 0.2) is 5.38 Å². The Hall–Kier alpha value is -1.42. The number of anilines is 1. The topological polar surface area (TPSA) is 94.6 Å². The van der Waals surface area contributed by atoms with Crippen molar-refractivity contribution in [2.45, 2.75) is 25.8 Å². The van der Waals surface area contributed by atoms with Crippen molar-refractivity contribution in [1.29, 1.82) is 0 Å². The van der Waals surface area contributed by atoms with E-state index in [0.29, 0.717) is 37.0 Å². The van der Waals surface area contributed by atoms with E-state index in [1.807, 2.05) is 4.90 Å².